The second kappa shape index (κ2) is 3.94. The SMILES string of the molecule is O=[N+]([O-])c1cccc(CN2CCC2)c1F. The molecule has 1 saturated heterocycles. The van der Waals surface area contributed by atoms with Crippen molar-refractivity contribution >= 4 is 5.69 Å². The molecule has 1 aromatic rings. The van der Waals surface area contributed by atoms with Crippen LogP contribution in [0, 0.1) is 15.9 Å². The third-order valence-electron chi connectivity index (χ3n) is 2.60. The molecule has 1 aliphatic rings. The molecule has 0 amide bonds. The molecule has 15 heavy (non-hydrogen) atoms. The first-order chi connectivity index (χ1) is 7.18. The van der Waals surface area contributed by atoms with Crippen LogP contribution in [0.4, 0.5) is 10.1 Å². The highest BCUT2D eigenvalue weighted by atomic mass is 19.1. The van der Waals surface area contributed by atoms with Gasteiger partial charge < -0.3 is 0 Å². The van der Waals surface area contributed by atoms with Crippen LogP contribution in [0.15, 0.2) is 18.2 Å². The summed E-state index contributed by atoms with van der Waals surface area (Å²) in [5, 5.41) is 10.5. The Morgan fingerprint density at radius 2 is 2.20 bits per heavy atom. The predicted molar refractivity (Wildman–Crippen MR) is 52.9 cm³/mol. The van der Waals surface area contributed by atoms with E-state index in [4.69, 9.17) is 0 Å². The van der Waals surface area contributed by atoms with Gasteiger partial charge in [-0.2, -0.15) is 4.39 Å². The average molecular weight is 210 g/mol. The number of nitro benzene ring substituents is 1. The van der Waals surface area contributed by atoms with Gasteiger partial charge in [-0.15, -0.1) is 0 Å². The Bertz CT molecular complexity index is 391. The quantitative estimate of drug-likeness (QED) is 0.565. The normalized spacial score (nSPS) is 16.1. The highest BCUT2D eigenvalue weighted by Gasteiger charge is 2.20. The van der Waals surface area contributed by atoms with E-state index >= 15 is 0 Å². The molecule has 1 heterocycles. The van der Waals surface area contributed by atoms with Crippen LogP contribution in [-0.4, -0.2) is 22.9 Å². The van der Waals surface area contributed by atoms with Gasteiger partial charge in [0, 0.05) is 18.2 Å². The van der Waals surface area contributed by atoms with Crippen molar-refractivity contribution in [2.75, 3.05) is 13.1 Å². The second-order valence-electron chi connectivity index (χ2n) is 3.64. The summed E-state index contributed by atoms with van der Waals surface area (Å²) in [6.07, 6.45) is 1.12. The molecular formula is C10H11FN2O2. The van der Waals surface area contributed by atoms with E-state index in [0.29, 0.717) is 12.1 Å². The molecule has 1 aromatic carbocycles. The van der Waals surface area contributed by atoms with Gasteiger partial charge >= 0.3 is 5.69 Å². The van der Waals surface area contributed by atoms with Gasteiger partial charge in [0.2, 0.25) is 5.82 Å². The lowest BCUT2D eigenvalue weighted by atomic mass is 10.1. The third-order valence-corrected chi connectivity index (χ3v) is 2.60. The van der Waals surface area contributed by atoms with Crippen LogP contribution < -0.4 is 0 Å². The Hall–Kier alpha value is -1.49. The Balaban J connectivity index is 2.22. The minimum Gasteiger partial charge on any atom is -0.299 e. The van der Waals surface area contributed by atoms with Gasteiger partial charge in [-0.1, -0.05) is 12.1 Å². The number of rotatable bonds is 3. The zero-order valence-corrected chi connectivity index (χ0v) is 8.15. The van der Waals surface area contributed by atoms with E-state index < -0.39 is 16.4 Å². The maximum absolute atomic E-state index is 13.6. The van der Waals surface area contributed by atoms with Gasteiger partial charge in [-0.25, -0.2) is 0 Å². The summed E-state index contributed by atoms with van der Waals surface area (Å²) >= 11 is 0. The molecule has 0 spiro atoms. The number of nitrogens with zero attached hydrogens (tertiary/aromatic N) is 2. The fourth-order valence-electron chi connectivity index (χ4n) is 1.61. The maximum atomic E-state index is 13.6. The summed E-state index contributed by atoms with van der Waals surface area (Å²) < 4.78 is 13.6. The largest absolute Gasteiger partial charge is 0.305 e. The van der Waals surface area contributed by atoms with Crippen LogP contribution in [-0.2, 0) is 6.54 Å². The Morgan fingerprint density at radius 3 is 2.73 bits per heavy atom. The molecule has 0 unspecified atom stereocenters. The fraction of sp³-hybridized carbons (Fsp3) is 0.400. The van der Waals surface area contributed by atoms with Crippen LogP contribution >= 0.6 is 0 Å². The number of hydrogen-bond donors (Lipinski definition) is 0. The van der Waals surface area contributed by atoms with Crippen molar-refractivity contribution in [3.8, 4) is 0 Å². The predicted octanol–water partition coefficient (Wildman–Crippen LogP) is 1.94. The van der Waals surface area contributed by atoms with E-state index in [1.54, 1.807) is 6.07 Å². The molecule has 0 saturated carbocycles. The van der Waals surface area contributed by atoms with E-state index in [-0.39, 0.29) is 0 Å². The molecule has 0 radical (unpaired) electrons. The van der Waals surface area contributed by atoms with Crippen molar-refractivity contribution in [1.82, 2.24) is 4.90 Å². The Labute approximate surface area is 86.5 Å². The highest BCUT2D eigenvalue weighted by Crippen LogP contribution is 2.22. The molecule has 0 aliphatic carbocycles. The smallest absolute Gasteiger partial charge is 0.299 e. The lowest BCUT2D eigenvalue weighted by molar-refractivity contribution is -0.387. The van der Waals surface area contributed by atoms with Gasteiger partial charge in [-0.3, -0.25) is 15.0 Å². The number of nitro groups is 1. The van der Waals surface area contributed by atoms with Gasteiger partial charge in [-0.05, 0) is 19.5 Å². The van der Waals surface area contributed by atoms with Gasteiger partial charge in [0.25, 0.3) is 0 Å². The molecular weight excluding hydrogens is 199 g/mol. The molecule has 1 aliphatic heterocycles. The van der Waals surface area contributed by atoms with Crippen molar-refractivity contribution in [2.45, 2.75) is 13.0 Å². The van der Waals surface area contributed by atoms with Gasteiger partial charge in [0.05, 0.1) is 4.92 Å². The number of likely N-dealkylation sites (tertiary alicyclic amines) is 1. The molecule has 5 heteroatoms. The zero-order valence-electron chi connectivity index (χ0n) is 8.15. The summed E-state index contributed by atoms with van der Waals surface area (Å²) in [6.45, 7) is 2.36. The van der Waals surface area contributed by atoms with Gasteiger partial charge in [0.15, 0.2) is 0 Å². The number of benzene rings is 1. The van der Waals surface area contributed by atoms with Crippen molar-refractivity contribution in [3.63, 3.8) is 0 Å². The summed E-state index contributed by atoms with van der Waals surface area (Å²) in [6, 6.07) is 4.31. The maximum Gasteiger partial charge on any atom is 0.305 e. The number of halogens is 1. The fourth-order valence-corrected chi connectivity index (χ4v) is 1.61. The van der Waals surface area contributed by atoms with Crippen LogP contribution in [0.1, 0.15) is 12.0 Å². The Morgan fingerprint density at radius 1 is 1.47 bits per heavy atom. The van der Waals surface area contributed by atoms with Crippen LogP contribution in [0.25, 0.3) is 0 Å². The Kier molecular flexibility index (Phi) is 2.64. The van der Waals surface area contributed by atoms with Crippen LogP contribution in [0.3, 0.4) is 0 Å². The molecule has 0 aromatic heterocycles. The van der Waals surface area contributed by atoms with Gasteiger partial charge in [0.1, 0.15) is 0 Å². The first-order valence-electron chi connectivity index (χ1n) is 4.82. The van der Waals surface area contributed by atoms with Crippen molar-refractivity contribution < 1.29 is 9.31 Å². The van der Waals surface area contributed by atoms with Crippen molar-refractivity contribution in [1.29, 1.82) is 0 Å². The third kappa shape index (κ3) is 1.97. The van der Waals surface area contributed by atoms with Crippen LogP contribution in [0.5, 0.6) is 0 Å². The lowest BCUT2D eigenvalue weighted by Gasteiger charge is -2.30. The summed E-state index contributed by atoms with van der Waals surface area (Å²) in [4.78, 5) is 11.9. The second-order valence-corrected chi connectivity index (χ2v) is 3.64. The molecule has 0 N–H and O–H groups in total. The van der Waals surface area contributed by atoms with Crippen molar-refractivity contribution in [3.05, 3.63) is 39.7 Å². The average Bonchev–Trinajstić information content (AvgIpc) is 2.13. The highest BCUT2D eigenvalue weighted by molar-refractivity contribution is 5.36. The molecule has 1 fully saturated rings. The summed E-state index contributed by atoms with van der Waals surface area (Å²) in [7, 11) is 0. The van der Waals surface area contributed by atoms with E-state index in [1.165, 1.54) is 12.1 Å². The van der Waals surface area contributed by atoms with E-state index in [2.05, 4.69) is 4.90 Å². The number of hydrogen-bond acceptors (Lipinski definition) is 3. The van der Waals surface area contributed by atoms with E-state index in [9.17, 15) is 14.5 Å². The minimum absolute atomic E-state index is 0.406. The first-order valence-corrected chi connectivity index (χ1v) is 4.82. The lowest BCUT2D eigenvalue weighted by Crippen LogP contribution is -2.36. The molecule has 2 rings (SSSR count). The first kappa shape index (κ1) is 10.0. The van der Waals surface area contributed by atoms with E-state index in [0.717, 1.165) is 19.5 Å². The molecule has 0 bridgehead atoms. The van der Waals surface area contributed by atoms with Crippen LogP contribution in [0.2, 0.25) is 0 Å². The standard InChI is InChI=1S/C10H11FN2O2/c11-10-8(7-12-5-2-6-12)3-1-4-9(10)13(14)15/h1,3-4H,2,5-7H2. The summed E-state index contributed by atoms with van der Waals surface area (Å²) in [5.74, 6) is -0.700. The molecule has 4 nitrogen and oxygen atoms in total. The van der Waals surface area contributed by atoms with Crippen molar-refractivity contribution in [2.24, 2.45) is 0 Å². The zero-order chi connectivity index (χ0) is 10.8. The summed E-state index contributed by atoms with van der Waals surface area (Å²) in [5.41, 5.74) is -0.0306. The monoisotopic (exact) mass is 210 g/mol. The van der Waals surface area contributed by atoms with E-state index in [1.807, 2.05) is 0 Å². The molecule has 0 atom stereocenters. The minimum atomic E-state index is -0.700. The topological polar surface area (TPSA) is 46.4 Å². The molecule has 80 valence electrons.